The Bertz CT molecular complexity index is 668. The monoisotopic (exact) mass is 324 g/mol. The highest BCUT2D eigenvalue weighted by molar-refractivity contribution is 5.94. The molecule has 5 nitrogen and oxygen atoms in total. The molecule has 0 atom stereocenters. The lowest BCUT2D eigenvalue weighted by molar-refractivity contribution is 0.0705. The first-order chi connectivity index (χ1) is 11.8. The number of carbonyl (C=O) groups excluding carboxylic acids is 1. The summed E-state index contributed by atoms with van der Waals surface area (Å²) in [6.07, 6.45) is 10.3. The lowest BCUT2D eigenvalue weighted by Gasteiger charge is -2.32. The van der Waals surface area contributed by atoms with Gasteiger partial charge in [-0.25, -0.2) is 4.98 Å². The Morgan fingerprint density at radius 3 is 2.50 bits per heavy atom. The van der Waals surface area contributed by atoms with Crippen molar-refractivity contribution in [1.29, 1.82) is 0 Å². The van der Waals surface area contributed by atoms with E-state index in [1.807, 2.05) is 39.9 Å². The Kier molecular flexibility index (Phi) is 4.34. The van der Waals surface area contributed by atoms with E-state index in [2.05, 4.69) is 10.3 Å². The minimum Gasteiger partial charge on any atom is -0.339 e. The van der Waals surface area contributed by atoms with Gasteiger partial charge in [-0.2, -0.15) is 0 Å². The maximum atomic E-state index is 12.7. The molecule has 2 fully saturated rings. The topological polar surface area (TPSA) is 50.2 Å². The van der Waals surface area contributed by atoms with Gasteiger partial charge >= 0.3 is 0 Å². The molecule has 1 N–H and O–H groups in total. The van der Waals surface area contributed by atoms with Crippen molar-refractivity contribution in [3.63, 3.8) is 0 Å². The molecule has 2 aliphatic rings. The summed E-state index contributed by atoms with van der Waals surface area (Å²) in [6.45, 7) is 2.86. The summed E-state index contributed by atoms with van der Waals surface area (Å²) in [4.78, 5) is 18.7. The lowest BCUT2D eigenvalue weighted by Crippen LogP contribution is -2.45. The van der Waals surface area contributed by atoms with Gasteiger partial charge in [-0.05, 0) is 62.4 Å². The zero-order valence-electron chi connectivity index (χ0n) is 13.9. The van der Waals surface area contributed by atoms with Crippen molar-refractivity contribution in [2.75, 3.05) is 19.6 Å². The molecule has 1 aromatic carbocycles. The smallest absolute Gasteiger partial charge is 0.253 e. The van der Waals surface area contributed by atoms with Crippen molar-refractivity contribution in [3.8, 4) is 5.69 Å². The molecule has 2 heterocycles. The van der Waals surface area contributed by atoms with Crippen molar-refractivity contribution in [3.05, 3.63) is 48.5 Å². The molecule has 1 aromatic heterocycles. The molecule has 1 saturated heterocycles. The fraction of sp³-hybridized carbons (Fsp3) is 0.474. The second-order valence-corrected chi connectivity index (χ2v) is 6.93. The average molecular weight is 324 g/mol. The summed E-state index contributed by atoms with van der Waals surface area (Å²) < 4.78 is 1.94. The summed E-state index contributed by atoms with van der Waals surface area (Å²) in [5.74, 6) is 1.06. The molecule has 2 aromatic rings. The molecule has 5 heteroatoms. The minimum absolute atomic E-state index is 0.146. The minimum atomic E-state index is 0.146. The molecule has 4 rings (SSSR count). The summed E-state index contributed by atoms with van der Waals surface area (Å²) >= 11 is 0. The number of hydrogen-bond donors (Lipinski definition) is 1. The maximum absolute atomic E-state index is 12.7. The lowest BCUT2D eigenvalue weighted by atomic mass is 10.0. The highest BCUT2D eigenvalue weighted by Gasteiger charge is 2.26. The zero-order chi connectivity index (χ0) is 16.4. The number of amides is 1. The standard InChI is InChI=1S/C19H24N4O/c24-19(16-3-5-18(6-4-16)23-12-9-20-14-23)22-10-7-17(8-11-22)21-13-15-1-2-15/h3-6,9,12,14-15,17,21H,1-2,7-8,10-11,13H2. The van der Waals surface area contributed by atoms with E-state index in [-0.39, 0.29) is 5.91 Å². The van der Waals surface area contributed by atoms with Crippen LogP contribution in [-0.4, -0.2) is 46.0 Å². The van der Waals surface area contributed by atoms with Crippen LogP contribution in [0.4, 0.5) is 0 Å². The first-order valence-electron chi connectivity index (χ1n) is 8.90. The number of aromatic nitrogens is 2. The Balaban J connectivity index is 1.32. The second kappa shape index (κ2) is 6.77. The van der Waals surface area contributed by atoms with Crippen LogP contribution in [-0.2, 0) is 0 Å². The van der Waals surface area contributed by atoms with Crippen LogP contribution in [0, 0.1) is 5.92 Å². The number of likely N-dealkylation sites (tertiary alicyclic amines) is 1. The SMILES string of the molecule is O=C(c1ccc(-n2ccnc2)cc1)N1CCC(NCC2CC2)CC1. The van der Waals surface area contributed by atoms with E-state index in [1.165, 1.54) is 12.8 Å². The Morgan fingerprint density at radius 1 is 1.12 bits per heavy atom. The number of nitrogens with one attached hydrogen (secondary N) is 1. The van der Waals surface area contributed by atoms with Gasteiger partial charge in [0.2, 0.25) is 0 Å². The van der Waals surface area contributed by atoms with E-state index in [0.717, 1.165) is 49.6 Å². The third-order valence-corrected chi connectivity index (χ3v) is 5.09. The molecule has 1 amide bonds. The third kappa shape index (κ3) is 3.51. The maximum Gasteiger partial charge on any atom is 0.253 e. The first kappa shape index (κ1) is 15.4. The fourth-order valence-corrected chi connectivity index (χ4v) is 3.31. The van der Waals surface area contributed by atoms with E-state index in [0.29, 0.717) is 6.04 Å². The normalized spacial score (nSPS) is 18.8. The number of imidazole rings is 1. The van der Waals surface area contributed by atoms with E-state index >= 15 is 0 Å². The van der Waals surface area contributed by atoms with E-state index in [4.69, 9.17) is 0 Å². The number of hydrogen-bond acceptors (Lipinski definition) is 3. The number of carbonyl (C=O) groups is 1. The summed E-state index contributed by atoms with van der Waals surface area (Å²) in [6, 6.07) is 8.35. The van der Waals surface area contributed by atoms with Gasteiger partial charge in [-0.1, -0.05) is 0 Å². The van der Waals surface area contributed by atoms with Crippen LogP contribution in [0.5, 0.6) is 0 Å². The predicted octanol–water partition coefficient (Wildman–Crippen LogP) is 2.48. The highest BCUT2D eigenvalue weighted by Crippen LogP contribution is 2.28. The van der Waals surface area contributed by atoms with Crippen molar-refractivity contribution < 1.29 is 4.79 Å². The van der Waals surface area contributed by atoms with Crippen LogP contribution >= 0.6 is 0 Å². The van der Waals surface area contributed by atoms with Crippen molar-refractivity contribution in [2.45, 2.75) is 31.7 Å². The Hall–Kier alpha value is -2.14. The van der Waals surface area contributed by atoms with Gasteiger partial charge in [0.15, 0.2) is 0 Å². The number of benzene rings is 1. The van der Waals surface area contributed by atoms with E-state index in [1.54, 1.807) is 12.5 Å². The van der Waals surface area contributed by atoms with Gasteiger partial charge < -0.3 is 14.8 Å². The van der Waals surface area contributed by atoms with Gasteiger partial charge in [0.05, 0.1) is 6.33 Å². The number of rotatable bonds is 5. The van der Waals surface area contributed by atoms with Crippen molar-refractivity contribution >= 4 is 5.91 Å². The van der Waals surface area contributed by atoms with Crippen molar-refractivity contribution in [2.24, 2.45) is 5.92 Å². The average Bonchev–Trinajstić information content (AvgIpc) is 3.31. The molecule has 126 valence electrons. The van der Waals surface area contributed by atoms with Crippen LogP contribution in [0.2, 0.25) is 0 Å². The third-order valence-electron chi connectivity index (χ3n) is 5.09. The van der Waals surface area contributed by atoms with Gasteiger partial charge in [-0.3, -0.25) is 4.79 Å². The van der Waals surface area contributed by atoms with E-state index in [9.17, 15) is 4.79 Å². The molecule has 0 unspecified atom stereocenters. The summed E-state index contributed by atoms with van der Waals surface area (Å²) in [5, 5.41) is 3.66. The molecule has 1 aliphatic heterocycles. The molecule has 1 saturated carbocycles. The largest absolute Gasteiger partial charge is 0.339 e. The summed E-state index contributed by atoms with van der Waals surface area (Å²) in [5.41, 5.74) is 1.79. The highest BCUT2D eigenvalue weighted by atomic mass is 16.2. The number of nitrogens with zero attached hydrogens (tertiary/aromatic N) is 3. The van der Waals surface area contributed by atoms with Crippen LogP contribution in [0.15, 0.2) is 43.0 Å². The Labute approximate surface area is 142 Å². The fourth-order valence-electron chi connectivity index (χ4n) is 3.31. The first-order valence-corrected chi connectivity index (χ1v) is 8.90. The predicted molar refractivity (Wildman–Crippen MR) is 93.2 cm³/mol. The Morgan fingerprint density at radius 2 is 1.88 bits per heavy atom. The van der Waals surface area contributed by atoms with Crippen LogP contribution in [0.25, 0.3) is 5.69 Å². The molecule has 0 spiro atoms. The molecular formula is C19H24N4O. The van der Waals surface area contributed by atoms with Crippen LogP contribution in [0.3, 0.4) is 0 Å². The van der Waals surface area contributed by atoms with Crippen LogP contribution in [0.1, 0.15) is 36.0 Å². The molecule has 24 heavy (non-hydrogen) atoms. The van der Waals surface area contributed by atoms with Gasteiger partial charge in [-0.15, -0.1) is 0 Å². The number of piperidine rings is 1. The van der Waals surface area contributed by atoms with Gasteiger partial charge in [0.1, 0.15) is 0 Å². The summed E-state index contributed by atoms with van der Waals surface area (Å²) in [7, 11) is 0. The van der Waals surface area contributed by atoms with Gasteiger partial charge in [0.25, 0.3) is 5.91 Å². The van der Waals surface area contributed by atoms with Crippen LogP contribution < -0.4 is 5.32 Å². The van der Waals surface area contributed by atoms with Gasteiger partial charge in [0, 0.05) is 42.8 Å². The molecule has 0 radical (unpaired) electrons. The second-order valence-electron chi connectivity index (χ2n) is 6.93. The molecule has 1 aliphatic carbocycles. The zero-order valence-corrected chi connectivity index (χ0v) is 13.9. The molecule has 0 bridgehead atoms. The molecular weight excluding hydrogens is 300 g/mol. The van der Waals surface area contributed by atoms with E-state index < -0.39 is 0 Å². The quantitative estimate of drug-likeness (QED) is 0.919. The van der Waals surface area contributed by atoms with Crippen molar-refractivity contribution in [1.82, 2.24) is 19.8 Å².